The average Bonchev–Trinajstić information content (AvgIpc) is 3.02. The first-order chi connectivity index (χ1) is 9.98. The highest BCUT2D eigenvalue weighted by Crippen LogP contribution is 2.25. The Morgan fingerprint density at radius 3 is 2.95 bits per heavy atom. The normalized spacial score (nSPS) is 24.2. The van der Waals surface area contributed by atoms with Crippen molar-refractivity contribution in [2.24, 2.45) is 0 Å². The first-order valence-electron chi connectivity index (χ1n) is 6.86. The lowest BCUT2D eigenvalue weighted by molar-refractivity contribution is 0.396. The standard InChI is InChI=1S/C14H18N4O2S/c1-14(4-6-21(19,20)10-14)16-8-12-9-17-18-13(12)11-3-2-5-15-7-11/h2-3,5,7,9,16H,4,6,8,10H2,1H3,(H,17,18). The van der Waals surface area contributed by atoms with Crippen LogP contribution in [-0.4, -0.2) is 40.6 Å². The van der Waals surface area contributed by atoms with Crippen LogP contribution >= 0.6 is 0 Å². The van der Waals surface area contributed by atoms with Gasteiger partial charge in [0.15, 0.2) is 9.84 Å². The molecule has 112 valence electrons. The molecule has 1 fully saturated rings. The lowest BCUT2D eigenvalue weighted by atomic mass is 10.0. The lowest BCUT2D eigenvalue weighted by Gasteiger charge is -2.23. The first kappa shape index (κ1) is 14.2. The van der Waals surface area contributed by atoms with Gasteiger partial charge in [0.1, 0.15) is 0 Å². The van der Waals surface area contributed by atoms with Crippen LogP contribution in [0.1, 0.15) is 18.9 Å². The third-order valence-corrected chi connectivity index (χ3v) is 5.78. The molecule has 3 heterocycles. The molecule has 0 amide bonds. The average molecular weight is 306 g/mol. The van der Waals surface area contributed by atoms with Gasteiger partial charge in [0.05, 0.1) is 23.4 Å². The van der Waals surface area contributed by atoms with Gasteiger partial charge in [0.25, 0.3) is 0 Å². The minimum absolute atomic E-state index is 0.195. The van der Waals surface area contributed by atoms with Gasteiger partial charge >= 0.3 is 0 Å². The number of H-pyrrole nitrogens is 1. The van der Waals surface area contributed by atoms with Crippen LogP contribution in [0.4, 0.5) is 0 Å². The molecule has 1 aliphatic heterocycles. The Balaban J connectivity index is 1.74. The van der Waals surface area contributed by atoms with E-state index in [1.165, 1.54) is 0 Å². The molecule has 2 aromatic rings. The number of rotatable bonds is 4. The quantitative estimate of drug-likeness (QED) is 0.884. The molecule has 0 aromatic carbocycles. The zero-order valence-corrected chi connectivity index (χ0v) is 12.7. The molecule has 3 rings (SSSR count). The summed E-state index contributed by atoms with van der Waals surface area (Å²) in [6.07, 6.45) is 5.92. The second-order valence-electron chi connectivity index (χ2n) is 5.77. The molecule has 0 bridgehead atoms. The molecule has 1 saturated heterocycles. The third kappa shape index (κ3) is 3.14. The van der Waals surface area contributed by atoms with Gasteiger partial charge < -0.3 is 5.32 Å². The van der Waals surface area contributed by atoms with Gasteiger partial charge in [-0.15, -0.1) is 0 Å². The van der Waals surface area contributed by atoms with Crippen LogP contribution in [0, 0.1) is 0 Å². The van der Waals surface area contributed by atoms with Crippen LogP contribution in [0.25, 0.3) is 11.3 Å². The van der Waals surface area contributed by atoms with E-state index in [0.29, 0.717) is 13.0 Å². The lowest BCUT2D eigenvalue weighted by Crippen LogP contribution is -2.42. The topological polar surface area (TPSA) is 87.7 Å². The maximum Gasteiger partial charge on any atom is 0.152 e. The van der Waals surface area contributed by atoms with E-state index < -0.39 is 9.84 Å². The van der Waals surface area contributed by atoms with E-state index in [9.17, 15) is 8.42 Å². The number of aromatic nitrogens is 3. The fourth-order valence-electron chi connectivity index (χ4n) is 2.66. The number of sulfone groups is 1. The molecule has 2 N–H and O–H groups in total. The molecule has 6 nitrogen and oxygen atoms in total. The maximum absolute atomic E-state index is 11.6. The van der Waals surface area contributed by atoms with Gasteiger partial charge in [-0.25, -0.2) is 8.42 Å². The molecule has 1 unspecified atom stereocenters. The van der Waals surface area contributed by atoms with Crippen molar-refractivity contribution >= 4 is 9.84 Å². The summed E-state index contributed by atoms with van der Waals surface area (Å²) in [7, 11) is -2.90. The van der Waals surface area contributed by atoms with Crippen LogP contribution in [0.15, 0.2) is 30.7 Å². The summed E-state index contributed by atoms with van der Waals surface area (Å²) in [6, 6.07) is 3.84. The van der Waals surface area contributed by atoms with Gasteiger partial charge in [0, 0.05) is 35.6 Å². The number of hydrogen-bond acceptors (Lipinski definition) is 5. The largest absolute Gasteiger partial charge is 0.306 e. The zero-order valence-electron chi connectivity index (χ0n) is 11.8. The Kier molecular flexibility index (Phi) is 3.54. The third-order valence-electron chi connectivity index (χ3n) is 3.88. The summed E-state index contributed by atoms with van der Waals surface area (Å²) in [5.74, 6) is 0.456. The van der Waals surface area contributed by atoms with Crippen molar-refractivity contribution in [3.8, 4) is 11.3 Å². The van der Waals surface area contributed by atoms with Crippen LogP contribution in [0.5, 0.6) is 0 Å². The van der Waals surface area contributed by atoms with Crippen LogP contribution in [0.2, 0.25) is 0 Å². The van der Waals surface area contributed by atoms with E-state index in [2.05, 4.69) is 20.5 Å². The Labute approximate surface area is 123 Å². The van der Waals surface area contributed by atoms with E-state index in [-0.39, 0.29) is 17.0 Å². The number of aromatic amines is 1. The Morgan fingerprint density at radius 1 is 1.43 bits per heavy atom. The first-order valence-corrected chi connectivity index (χ1v) is 8.68. The number of pyridine rings is 1. The van der Waals surface area contributed by atoms with Gasteiger partial charge in [0.2, 0.25) is 0 Å². The molecule has 1 atom stereocenters. The van der Waals surface area contributed by atoms with E-state index >= 15 is 0 Å². The predicted molar refractivity (Wildman–Crippen MR) is 80.3 cm³/mol. The van der Waals surface area contributed by atoms with E-state index in [0.717, 1.165) is 16.8 Å². The highest BCUT2D eigenvalue weighted by atomic mass is 32.2. The monoisotopic (exact) mass is 306 g/mol. The molecule has 0 aliphatic carbocycles. The number of hydrogen-bond donors (Lipinski definition) is 2. The molecular formula is C14H18N4O2S. The highest BCUT2D eigenvalue weighted by Gasteiger charge is 2.37. The fraction of sp³-hybridized carbons (Fsp3) is 0.429. The van der Waals surface area contributed by atoms with E-state index in [4.69, 9.17) is 0 Å². The Morgan fingerprint density at radius 2 is 2.29 bits per heavy atom. The smallest absolute Gasteiger partial charge is 0.152 e. The zero-order chi connectivity index (χ0) is 14.9. The van der Waals surface area contributed by atoms with E-state index in [1.54, 1.807) is 18.6 Å². The Bertz CT molecular complexity index is 726. The van der Waals surface area contributed by atoms with Crippen LogP contribution in [0.3, 0.4) is 0 Å². The molecule has 7 heteroatoms. The van der Waals surface area contributed by atoms with Crippen molar-refractivity contribution in [1.82, 2.24) is 20.5 Å². The molecule has 0 saturated carbocycles. The van der Waals surface area contributed by atoms with E-state index in [1.807, 2.05) is 19.1 Å². The van der Waals surface area contributed by atoms with Gasteiger partial charge in [-0.1, -0.05) is 0 Å². The molecule has 0 spiro atoms. The van der Waals surface area contributed by atoms with Crippen molar-refractivity contribution in [3.63, 3.8) is 0 Å². The number of nitrogens with one attached hydrogen (secondary N) is 2. The molecule has 1 aliphatic rings. The summed E-state index contributed by atoms with van der Waals surface area (Å²) in [5.41, 5.74) is 2.53. The second kappa shape index (κ2) is 5.23. The summed E-state index contributed by atoms with van der Waals surface area (Å²) in [6.45, 7) is 2.54. The fourth-order valence-corrected chi connectivity index (χ4v) is 4.79. The van der Waals surface area contributed by atoms with Gasteiger partial charge in [-0.05, 0) is 25.5 Å². The summed E-state index contributed by atoms with van der Waals surface area (Å²) < 4.78 is 23.3. The summed E-state index contributed by atoms with van der Waals surface area (Å²) >= 11 is 0. The molecular weight excluding hydrogens is 288 g/mol. The molecule has 2 aromatic heterocycles. The van der Waals surface area contributed by atoms with Crippen molar-refractivity contribution in [3.05, 3.63) is 36.3 Å². The van der Waals surface area contributed by atoms with Crippen molar-refractivity contribution in [2.45, 2.75) is 25.4 Å². The molecule has 0 radical (unpaired) electrons. The Hall–Kier alpha value is -1.73. The summed E-state index contributed by atoms with van der Waals surface area (Å²) in [4.78, 5) is 4.10. The summed E-state index contributed by atoms with van der Waals surface area (Å²) in [5, 5.41) is 10.4. The highest BCUT2D eigenvalue weighted by molar-refractivity contribution is 7.91. The SMILES string of the molecule is CC1(NCc2cn[nH]c2-c2cccnc2)CCS(=O)(=O)C1. The predicted octanol–water partition coefficient (Wildman–Crippen LogP) is 1.14. The minimum atomic E-state index is -2.90. The van der Waals surface area contributed by atoms with Crippen molar-refractivity contribution in [1.29, 1.82) is 0 Å². The minimum Gasteiger partial charge on any atom is -0.306 e. The van der Waals surface area contributed by atoms with Crippen LogP contribution in [-0.2, 0) is 16.4 Å². The maximum atomic E-state index is 11.6. The van der Waals surface area contributed by atoms with Crippen LogP contribution < -0.4 is 5.32 Å². The van der Waals surface area contributed by atoms with Gasteiger partial charge in [-0.2, -0.15) is 5.10 Å². The van der Waals surface area contributed by atoms with Crippen molar-refractivity contribution < 1.29 is 8.42 Å². The molecule has 21 heavy (non-hydrogen) atoms. The number of nitrogens with zero attached hydrogens (tertiary/aromatic N) is 2. The van der Waals surface area contributed by atoms with Crippen molar-refractivity contribution in [2.75, 3.05) is 11.5 Å². The second-order valence-corrected chi connectivity index (χ2v) is 7.95. The van der Waals surface area contributed by atoms with Gasteiger partial charge in [-0.3, -0.25) is 10.1 Å².